The second kappa shape index (κ2) is 10.3. The molecule has 1 N–H and O–H groups in total. The maximum atomic E-state index is 13.4. The Kier molecular flexibility index (Phi) is 7.23. The highest BCUT2D eigenvalue weighted by Gasteiger charge is 2.44. The van der Waals surface area contributed by atoms with E-state index in [0.29, 0.717) is 55.7 Å². The molecule has 0 saturated carbocycles. The molecule has 1 fully saturated rings. The summed E-state index contributed by atoms with van der Waals surface area (Å²) in [7, 11) is 1.53. The topological polar surface area (TPSA) is 102 Å². The smallest absolute Gasteiger partial charge is 0.290 e. The van der Waals surface area contributed by atoms with Gasteiger partial charge in [-0.05, 0) is 43.7 Å². The average Bonchev–Trinajstić information content (AvgIpc) is 3.39. The van der Waals surface area contributed by atoms with Crippen LogP contribution in [0.2, 0.25) is 0 Å². The van der Waals surface area contributed by atoms with Crippen molar-refractivity contribution >= 4 is 11.7 Å². The molecule has 2 aliphatic heterocycles. The van der Waals surface area contributed by atoms with Crippen LogP contribution in [-0.4, -0.2) is 79.7 Å². The Hall–Kier alpha value is -3.30. The lowest BCUT2D eigenvalue weighted by atomic mass is 9.94. The van der Waals surface area contributed by atoms with Crippen molar-refractivity contribution in [3.63, 3.8) is 0 Å². The molecular weight excluding hydrogens is 440 g/mol. The predicted molar refractivity (Wildman–Crippen MR) is 123 cm³/mol. The summed E-state index contributed by atoms with van der Waals surface area (Å²) in [6.45, 7) is 7.79. The van der Waals surface area contributed by atoms with Crippen LogP contribution < -0.4 is 9.47 Å². The molecule has 1 saturated heterocycles. The summed E-state index contributed by atoms with van der Waals surface area (Å²) in [6.07, 6.45) is 0. The van der Waals surface area contributed by atoms with Gasteiger partial charge in [0, 0.05) is 26.2 Å². The molecule has 2 aromatic rings. The lowest BCUT2D eigenvalue weighted by molar-refractivity contribution is -0.129. The summed E-state index contributed by atoms with van der Waals surface area (Å²) in [4.78, 5) is 30.3. The van der Waals surface area contributed by atoms with E-state index in [1.807, 2.05) is 6.92 Å². The first-order valence-corrected chi connectivity index (χ1v) is 11.4. The number of ketones is 1. The van der Waals surface area contributed by atoms with Crippen LogP contribution in [0.25, 0.3) is 0 Å². The van der Waals surface area contributed by atoms with Crippen LogP contribution in [0.4, 0.5) is 0 Å². The zero-order valence-electron chi connectivity index (χ0n) is 19.7. The molecular formula is C25H30N2O7. The summed E-state index contributed by atoms with van der Waals surface area (Å²) in [6, 6.07) is 7.70. The van der Waals surface area contributed by atoms with E-state index >= 15 is 0 Å². The SMILES string of the molecule is CCOc1ccc([C@H]2C(C(=O)c3ccc(C)o3)=C(O)C(=O)N2CCN2CCOCC2)cc1OC. The van der Waals surface area contributed by atoms with Gasteiger partial charge in [0.05, 0.1) is 38.5 Å². The van der Waals surface area contributed by atoms with Gasteiger partial charge in [0.15, 0.2) is 23.0 Å². The van der Waals surface area contributed by atoms with Gasteiger partial charge in [-0.3, -0.25) is 14.5 Å². The van der Waals surface area contributed by atoms with E-state index in [1.165, 1.54) is 12.0 Å². The summed E-state index contributed by atoms with van der Waals surface area (Å²) in [5.41, 5.74) is 0.624. The zero-order valence-corrected chi connectivity index (χ0v) is 19.7. The number of rotatable bonds is 9. The second-order valence-corrected chi connectivity index (χ2v) is 8.20. The summed E-state index contributed by atoms with van der Waals surface area (Å²) >= 11 is 0. The number of amides is 1. The molecule has 9 nitrogen and oxygen atoms in total. The standard InChI is InChI=1S/C25H30N2O7/c1-4-33-18-8-6-17(15-20(18)31-3)22-21(23(28)19-7-5-16(2)34-19)24(29)25(30)27(22)10-9-26-11-13-32-14-12-26/h5-8,15,22,29H,4,9-14H2,1-3H3/t22-/m0/s1. The number of hydrogen-bond acceptors (Lipinski definition) is 8. The molecule has 1 amide bonds. The Morgan fingerprint density at radius 2 is 1.91 bits per heavy atom. The van der Waals surface area contributed by atoms with Crippen LogP contribution in [0.3, 0.4) is 0 Å². The van der Waals surface area contributed by atoms with Crippen LogP contribution in [-0.2, 0) is 9.53 Å². The Balaban J connectivity index is 1.71. The number of aliphatic hydroxyl groups excluding tert-OH is 1. The number of morpholine rings is 1. The summed E-state index contributed by atoms with van der Waals surface area (Å²) < 4.78 is 22.0. The first-order valence-electron chi connectivity index (χ1n) is 11.4. The maximum Gasteiger partial charge on any atom is 0.290 e. The van der Waals surface area contributed by atoms with Crippen molar-refractivity contribution in [2.75, 3.05) is 53.1 Å². The normalized spacial score (nSPS) is 19.1. The van der Waals surface area contributed by atoms with Gasteiger partial charge in [0.2, 0.25) is 5.78 Å². The number of carbonyl (C=O) groups excluding carboxylic acids is 2. The van der Waals surface area contributed by atoms with Crippen LogP contribution in [0.1, 0.15) is 34.8 Å². The molecule has 1 aromatic carbocycles. The third kappa shape index (κ3) is 4.67. The Morgan fingerprint density at radius 3 is 2.56 bits per heavy atom. The Bertz CT molecular complexity index is 1080. The second-order valence-electron chi connectivity index (χ2n) is 8.20. The molecule has 0 spiro atoms. The third-order valence-corrected chi connectivity index (χ3v) is 6.08. The fraction of sp³-hybridized carbons (Fsp3) is 0.440. The number of Topliss-reactive ketones (excluding diaryl/α,β-unsaturated/α-hetero) is 1. The molecule has 0 aliphatic carbocycles. The average molecular weight is 471 g/mol. The molecule has 0 radical (unpaired) electrons. The van der Waals surface area contributed by atoms with E-state index < -0.39 is 23.5 Å². The first kappa shape index (κ1) is 23.8. The van der Waals surface area contributed by atoms with Crippen LogP contribution in [0.5, 0.6) is 11.5 Å². The first-order chi connectivity index (χ1) is 16.4. The van der Waals surface area contributed by atoms with Crippen molar-refractivity contribution in [3.05, 3.63) is 58.7 Å². The minimum absolute atomic E-state index is 0.00691. The predicted octanol–water partition coefficient (Wildman–Crippen LogP) is 2.91. The van der Waals surface area contributed by atoms with Gasteiger partial charge in [-0.25, -0.2) is 0 Å². The number of aryl methyl sites for hydroxylation is 1. The Labute approximate surface area is 198 Å². The monoisotopic (exact) mass is 470 g/mol. The number of methoxy groups -OCH3 is 1. The van der Waals surface area contributed by atoms with Crippen molar-refractivity contribution < 1.29 is 33.3 Å². The summed E-state index contributed by atoms with van der Waals surface area (Å²) in [5, 5.41) is 10.8. The minimum Gasteiger partial charge on any atom is -0.503 e. The fourth-order valence-corrected chi connectivity index (χ4v) is 4.36. The highest BCUT2D eigenvalue weighted by Crippen LogP contribution is 2.41. The molecule has 34 heavy (non-hydrogen) atoms. The van der Waals surface area contributed by atoms with Gasteiger partial charge in [0.25, 0.3) is 5.91 Å². The maximum absolute atomic E-state index is 13.4. The number of hydrogen-bond donors (Lipinski definition) is 1. The number of aliphatic hydroxyl groups is 1. The van der Waals surface area contributed by atoms with E-state index in [-0.39, 0.29) is 11.3 Å². The van der Waals surface area contributed by atoms with E-state index in [1.54, 1.807) is 37.3 Å². The molecule has 2 aliphatic rings. The van der Waals surface area contributed by atoms with Gasteiger partial charge in [-0.1, -0.05) is 6.07 Å². The van der Waals surface area contributed by atoms with E-state index in [0.717, 1.165) is 13.1 Å². The molecule has 9 heteroatoms. The van der Waals surface area contributed by atoms with E-state index in [4.69, 9.17) is 18.6 Å². The molecule has 182 valence electrons. The number of nitrogens with zero attached hydrogens (tertiary/aromatic N) is 2. The molecule has 1 aromatic heterocycles. The molecule has 0 bridgehead atoms. The van der Waals surface area contributed by atoms with Gasteiger partial charge in [-0.15, -0.1) is 0 Å². The van der Waals surface area contributed by atoms with Crippen molar-refractivity contribution in [2.24, 2.45) is 0 Å². The highest BCUT2D eigenvalue weighted by atomic mass is 16.5. The van der Waals surface area contributed by atoms with Crippen LogP contribution in [0.15, 0.2) is 46.1 Å². The van der Waals surface area contributed by atoms with Gasteiger partial charge < -0.3 is 28.6 Å². The van der Waals surface area contributed by atoms with Gasteiger partial charge >= 0.3 is 0 Å². The van der Waals surface area contributed by atoms with Gasteiger partial charge in [-0.2, -0.15) is 0 Å². The molecule has 4 rings (SSSR count). The molecule has 3 heterocycles. The molecule has 0 unspecified atom stereocenters. The third-order valence-electron chi connectivity index (χ3n) is 6.08. The van der Waals surface area contributed by atoms with E-state index in [2.05, 4.69) is 4.90 Å². The minimum atomic E-state index is -0.795. The van der Waals surface area contributed by atoms with Crippen molar-refractivity contribution in [2.45, 2.75) is 19.9 Å². The van der Waals surface area contributed by atoms with Crippen molar-refractivity contribution in [3.8, 4) is 11.5 Å². The Morgan fingerprint density at radius 1 is 1.15 bits per heavy atom. The lowest BCUT2D eigenvalue weighted by Gasteiger charge is -2.31. The lowest BCUT2D eigenvalue weighted by Crippen LogP contribution is -2.43. The van der Waals surface area contributed by atoms with Crippen molar-refractivity contribution in [1.29, 1.82) is 0 Å². The highest BCUT2D eigenvalue weighted by molar-refractivity contribution is 6.15. The number of ether oxygens (including phenoxy) is 3. The number of carbonyl (C=O) groups is 2. The quantitative estimate of drug-likeness (QED) is 0.559. The largest absolute Gasteiger partial charge is 0.503 e. The van der Waals surface area contributed by atoms with Crippen molar-refractivity contribution in [1.82, 2.24) is 9.80 Å². The fourth-order valence-electron chi connectivity index (χ4n) is 4.36. The van der Waals surface area contributed by atoms with Crippen LogP contribution >= 0.6 is 0 Å². The van der Waals surface area contributed by atoms with Crippen LogP contribution in [0, 0.1) is 6.92 Å². The summed E-state index contributed by atoms with van der Waals surface area (Å²) in [5.74, 6) is 0.0101. The van der Waals surface area contributed by atoms with Gasteiger partial charge in [0.1, 0.15) is 5.76 Å². The number of benzene rings is 1. The van der Waals surface area contributed by atoms with E-state index in [9.17, 15) is 14.7 Å². The number of furan rings is 1. The molecule has 1 atom stereocenters. The zero-order chi connectivity index (χ0) is 24.2.